The highest BCUT2D eigenvalue weighted by atomic mass is 16.6. The first kappa shape index (κ1) is 18.2. The quantitative estimate of drug-likeness (QED) is 0.627. The Morgan fingerprint density at radius 1 is 1.23 bits per heavy atom. The van der Waals surface area contributed by atoms with E-state index in [1.165, 1.54) is 17.2 Å². The van der Waals surface area contributed by atoms with Crippen LogP contribution < -0.4 is 10.1 Å². The van der Waals surface area contributed by atoms with Crippen LogP contribution in [0.1, 0.15) is 24.0 Å². The number of anilines is 1. The monoisotopic (exact) mass is 355 g/mol. The van der Waals surface area contributed by atoms with Crippen molar-refractivity contribution in [2.45, 2.75) is 32.4 Å². The molecule has 1 aliphatic heterocycles. The molecule has 2 aromatic rings. The number of hydrogen-bond donors (Lipinski definition) is 1. The second-order valence-electron chi connectivity index (χ2n) is 6.76. The van der Waals surface area contributed by atoms with Gasteiger partial charge >= 0.3 is 0 Å². The molecule has 0 aliphatic carbocycles. The average Bonchev–Trinajstić information content (AvgIpc) is 2.65. The number of nitrogens with one attached hydrogen (secondary N) is 1. The molecule has 0 aromatic heterocycles. The molecule has 2 aromatic carbocycles. The van der Waals surface area contributed by atoms with Gasteiger partial charge in [0, 0.05) is 37.8 Å². The van der Waals surface area contributed by atoms with Gasteiger partial charge < -0.3 is 10.1 Å². The standard InChI is InChI=1S/C20H25N3O3/c1-15-5-3-4-6-16(15)14-22-11-9-17(10-12-22)21-19-13-18(23(24)25)7-8-20(19)26-2/h3-8,13,17,21H,9-12,14H2,1-2H3. The Labute approximate surface area is 153 Å². The number of nitro benzene ring substituents is 1. The minimum absolute atomic E-state index is 0.0743. The molecular weight excluding hydrogens is 330 g/mol. The van der Waals surface area contributed by atoms with E-state index >= 15 is 0 Å². The van der Waals surface area contributed by atoms with E-state index in [1.54, 1.807) is 19.2 Å². The molecule has 1 fully saturated rings. The van der Waals surface area contributed by atoms with Crippen molar-refractivity contribution in [2.75, 3.05) is 25.5 Å². The molecule has 1 heterocycles. The molecule has 0 radical (unpaired) electrons. The maximum atomic E-state index is 11.0. The summed E-state index contributed by atoms with van der Waals surface area (Å²) >= 11 is 0. The van der Waals surface area contributed by atoms with Crippen LogP contribution in [0, 0.1) is 17.0 Å². The second-order valence-corrected chi connectivity index (χ2v) is 6.76. The summed E-state index contributed by atoms with van der Waals surface area (Å²) in [7, 11) is 1.58. The van der Waals surface area contributed by atoms with Crippen LogP contribution in [0.3, 0.4) is 0 Å². The van der Waals surface area contributed by atoms with Crippen LogP contribution in [0.5, 0.6) is 5.75 Å². The van der Waals surface area contributed by atoms with E-state index < -0.39 is 0 Å². The Kier molecular flexibility index (Phi) is 5.73. The van der Waals surface area contributed by atoms with Crippen LogP contribution in [0.25, 0.3) is 0 Å². The molecule has 0 amide bonds. The molecule has 0 atom stereocenters. The van der Waals surface area contributed by atoms with Crippen molar-refractivity contribution in [2.24, 2.45) is 0 Å². The van der Waals surface area contributed by atoms with E-state index in [-0.39, 0.29) is 10.6 Å². The van der Waals surface area contributed by atoms with Crippen LogP contribution in [0.2, 0.25) is 0 Å². The summed E-state index contributed by atoms with van der Waals surface area (Å²) in [5.74, 6) is 0.637. The Hall–Kier alpha value is -2.60. The summed E-state index contributed by atoms with van der Waals surface area (Å²) in [5, 5.41) is 14.5. The fraction of sp³-hybridized carbons (Fsp3) is 0.400. The predicted octanol–water partition coefficient (Wildman–Crippen LogP) is 3.99. The smallest absolute Gasteiger partial charge is 0.271 e. The molecule has 1 saturated heterocycles. The van der Waals surface area contributed by atoms with Gasteiger partial charge in [-0.25, -0.2) is 0 Å². The van der Waals surface area contributed by atoms with E-state index in [4.69, 9.17) is 4.74 Å². The third kappa shape index (κ3) is 4.32. The topological polar surface area (TPSA) is 67.6 Å². The highest BCUT2D eigenvalue weighted by molar-refractivity contribution is 5.62. The van der Waals surface area contributed by atoms with Gasteiger partial charge in [0.25, 0.3) is 5.69 Å². The number of non-ortho nitro benzene ring substituents is 1. The zero-order valence-corrected chi connectivity index (χ0v) is 15.3. The summed E-state index contributed by atoms with van der Waals surface area (Å²) in [6, 6.07) is 13.5. The van der Waals surface area contributed by atoms with Crippen LogP contribution in [-0.2, 0) is 6.54 Å². The molecule has 0 unspecified atom stereocenters. The fourth-order valence-corrected chi connectivity index (χ4v) is 3.41. The highest BCUT2D eigenvalue weighted by Crippen LogP contribution is 2.30. The lowest BCUT2D eigenvalue weighted by molar-refractivity contribution is -0.384. The van der Waals surface area contributed by atoms with E-state index in [9.17, 15) is 10.1 Å². The molecule has 6 heteroatoms. The van der Waals surface area contributed by atoms with E-state index in [2.05, 4.69) is 41.4 Å². The van der Waals surface area contributed by atoms with Crippen molar-refractivity contribution in [3.63, 3.8) is 0 Å². The van der Waals surface area contributed by atoms with Gasteiger partial charge in [0.2, 0.25) is 0 Å². The molecule has 3 rings (SSSR count). The molecular formula is C20H25N3O3. The zero-order chi connectivity index (χ0) is 18.5. The summed E-state index contributed by atoms with van der Waals surface area (Å²) < 4.78 is 5.34. The van der Waals surface area contributed by atoms with E-state index in [0.29, 0.717) is 17.5 Å². The first-order chi connectivity index (χ1) is 12.6. The van der Waals surface area contributed by atoms with Crippen LogP contribution in [-0.4, -0.2) is 36.1 Å². The largest absolute Gasteiger partial charge is 0.495 e. The molecule has 6 nitrogen and oxygen atoms in total. The SMILES string of the molecule is COc1ccc([N+](=O)[O-])cc1NC1CCN(Cc2ccccc2C)CC1. The Bertz CT molecular complexity index is 771. The van der Waals surface area contributed by atoms with Crippen LogP contribution in [0.4, 0.5) is 11.4 Å². The number of likely N-dealkylation sites (tertiary alicyclic amines) is 1. The number of aryl methyl sites for hydroxylation is 1. The summed E-state index contributed by atoms with van der Waals surface area (Å²) in [6.45, 7) is 5.13. The maximum Gasteiger partial charge on any atom is 0.271 e. The Balaban J connectivity index is 1.60. The summed E-state index contributed by atoms with van der Waals surface area (Å²) in [5.41, 5.74) is 3.47. The van der Waals surface area contributed by atoms with Gasteiger partial charge in [-0.3, -0.25) is 15.0 Å². The minimum Gasteiger partial charge on any atom is -0.495 e. The first-order valence-corrected chi connectivity index (χ1v) is 8.92. The Morgan fingerprint density at radius 3 is 2.62 bits per heavy atom. The lowest BCUT2D eigenvalue weighted by atomic mass is 10.0. The van der Waals surface area contributed by atoms with Gasteiger partial charge in [-0.2, -0.15) is 0 Å². The number of rotatable bonds is 6. The summed E-state index contributed by atoms with van der Waals surface area (Å²) in [4.78, 5) is 13.1. The second kappa shape index (κ2) is 8.19. The van der Waals surface area contributed by atoms with Gasteiger partial charge in [0.1, 0.15) is 5.75 Å². The van der Waals surface area contributed by atoms with Crippen molar-refractivity contribution < 1.29 is 9.66 Å². The first-order valence-electron chi connectivity index (χ1n) is 8.92. The number of benzene rings is 2. The van der Waals surface area contributed by atoms with E-state index in [1.807, 2.05) is 0 Å². The third-order valence-electron chi connectivity index (χ3n) is 5.00. The van der Waals surface area contributed by atoms with Gasteiger partial charge in [0.15, 0.2) is 0 Å². The fourth-order valence-electron chi connectivity index (χ4n) is 3.41. The maximum absolute atomic E-state index is 11.0. The van der Waals surface area contributed by atoms with E-state index in [0.717, 1.165) is 32.5 Å². The predicted molar refractivity (Wildman–Crippen MR) is 103 cm³/mol. The third-order valence-corrected chi connectivity index (χ3v) is 5.00. The number of piperidine rings is 1. The highest BCUT2D eigenvalue weighted by Gasteiger charge is 2.21. The average molecular weight is 355 g/mol. The van der Waals surface area contributed by atoms with Crippen molar-refractivity contribution in [3.05, 3.63) is 63.7 Å². The lowest BCUT2D eigenvalue weighted by Crippen LogP contribution is -2.38. The van der Waals surface area contributed by atoms with Crippen molar-refractivity contribution in [3.8, 4) is 5.75 Å². The number of nitro groups is 1. The molecule has 0 spiro atoms. The van der Waals surface area contributed by atoms with Gasteiger partial charge in [-0.15, -0.1) is 0 Å². The molecule has 0 saturated carbocycles. The number of nitrogens with zero attached hydrogens (tertiary/aromatic N) is 2. The molecule has 1 aliphatic rings. The number of hydrogen-bond acceptors (Lipinski definition) is 5. The van der Waals surface area contributed by atoms with Gasteiger partial charge in [-0.1, -0.05) is 24.3 Å². The molecule has 26 heavy (non-hydrogen) atoms. The molecule has 1 N–H and O–H groups in total. The Morgan fingerprint density at radius 2 is 1.96 bits per heavy atom. The molecule has 138 valence electrons. The zero-order valence-electron chi connectivity index (χ0n) is 15.3. The normalized spacial score (nSPS) is 15.6. The molecule has 0 bridgehead atoms. The number of ether oxygens (including phenoxy) is 1. The summed E-state index contributed by atoms with van der Waals surface area (Å²) in [6.07, 6.45) is 2.00. The van der Waals surface area contributed by atoms with Crippen LogP contribution >= 0.6 is 0 Å². The van der Waals surface area contributed by atoms with Gasteiger partial charge in [-0.05, 0) is 37.0 Å². The van der Waals surface area contributed by atoms with Crippen molar-refractivity contribution in [1.82, 2.24) is 4.90 Å². The van der Waals surface area contributed by atoms with Crippen molar-refractivity contribution in [1.29, 1.82) is 0 Å². The minimum atomic E-state index is -0.380. The van der Waals surface area contributed by atoms with Crippen LogP contribution in [0.15, 0.2) is 42.5 Å². The van der Waals surface area contributed by atoms with Gasteiger partial charge in [0.05, 0.1) is 17.7 Å². The number of methoxy groups -OCH3 is 1. The van der Waals surface area contributed by atoms with Crippen molar-refractivity contribution >= 4 is 11.4 Å². The lowest BCUT2D eigenvalue weighted by Gasteiger charge is -2.33.